The molecule has 2 aromatic heterocycles. The highest BCUT2D eigenvalue weighted by atomic mass is 32.1. The lowest BCUT2D eigenvalue weighted by molar-refractivity contribution is 1.09. The van der Waals surface area contributed by atoms with Gasteiger partial charge < -0.3 is 10.3 Å². The van der Waals surface area contributed by atoms with Crippen molar-refractivity contribution in [3.05, 3.63) is 26.4 Å². The Bertz CT molecular complexity index is 688. The SMILES string of the molecule is CCNc1sc2c(=O)[nH]c(=O)[nH]c2c1C#N. The average Bonchev–Trinajstić information content (AvgIpc) is 2.56. The van der Waals surface area contributed by atoms with E-state index in [1.165, 1.54) is 0 Å². The van der Waals surface area contributed by atoms with Gasteiger partial charge in [-0.05, 0) is 6.92 Å². The molecule has 0 saturated heterocycles. The van der Waals surface area contributed by atoms with Crippen molar-refractivity contribution in [3.8, 4) is 6.07 Å². The molecule has 0 unspecified atom stereocenters. The summed E-state index contributed by atoms with van der Waals surface area (Å²) in [5.74, 6) is 0. The minimum atomic E-state index is -0.602. The number of hydrogen-bond donors (Lipinski definition) is 3. The van der Waals surface area contributed by atoms with Gasteiger partial charge in [0.1, 0.15) is 21.3 Å². The van der Waals surface area contributed by atoms with Crippen molar-refractivity contribution in [3.63, 3.8) is 0 Å². The maximum atomic E-state index is 11.5. The first-order valence-corrected chi connectivity index (χ1v) is 5.42. The molecule has 2 aromatic rings. The van der Waals surface area contributed by atoms with Gasteiger partial charge in [0.05, 0.1) is 5.52 Å². The molecule has 3 N–H and O–H groups in total. The summed E-state index contributed by atoms with van der Waals surface area (Å²) in [5, 5.41) is 12.6. The van der Waals surface area contributed by atoms with Crippen molar-refractivity contribution in [1.29, 1.82) is 5.26 Å². The molecule has 0 amide bonds. The maximum Gasteiger partial charge on any atom is 0.326 e. The first-order chi connectivity index (χ1) is 7.67. The van der Waals surface area contributed by atoms with Crippen LogP contribution in [0.2, 0.25) is 0 Å². The number of anilines is 1. The smallest absolute Gasteiger partial charge is 0.326 e. The zero-order valence-electron chi connectivity index (χ0n) is 8.38. The number of aromatic amines is 2. The van der Waals surface area contributed by atoms with Crippen LogP contribution in [0, 0.1) is 11.3 Å². The van der Waals surface area contributed by atoms with Crippen LogP contribution >= 0.6 is 11.3 Å². The van der Waals surface area contributed by atoms with Gasteiger partial charge >= 0.3 is 5.69 Å². The highest BCUT2D eigenvalue weighted by Crippen LogP contribution is 2.30. The molecule has 0 fully saturated rings. The Morgan fingerprint density at radius 3 is 2.81 bits per heavy atom. The normalized spacial score (nSPS) is 10.2. The number of hydrogen-bond acceptors (Lipinski definition) is 5. The predicted octanol–water partition coefficient (Wildman–Crippen LogP) is 0.581. The van der Waals surface area contributed by atoms with Crippen molar-refractivity contribution in [1.82, 2.24) is 9.97 Å². The summed E-state index contributed by atoms with van der Waals surface area (Å²) < 4.78 is 0.354. The number of rotatable bonds is 2. The fourth-order valence-electron chi connectivity index (χ4n) is 1.41. The van der Waals surface area contributed by atoms with Gasteiger partial charge in [0.25, 0.3) is 5.56 Å². The summed E-state index contributed by atoms with van der Waals surface area (Å²) in [4.78, 5) is 27.2. The van der Waals surface area contributed by atoms with E-state index in [0.717, 1.165) is 11.3 Å². The second kappa shape index (κ2) is 3.83. The maximum absolute atomic E-state index is 11.5. The highest BCUT2D eigenvalue weighted by Gasteiger charge is 2.14. The summed E-state index contributed by atoms with van der Waals surface area (Å²) in [6, 6.07) is 1.98. The second-order valence-electron chi connectivity index (χ2n) is 3.06. The fraction of sp³-hybridized carbons (Fsp3) is 0.222. The minimum absolute atomic E-state index is 0.303. The third-order valence-corrected chi connectivity index (χ3v) is 3.18. The lowest BCUT2D eigenvalue weighted by atomic mass is 10.3. The van der Waals surface area contributed by atoms with Crippen LogP contribution in [0.1, 0.15) is 12.5 Å². The molecule has 0 aromatic carbocycles. The van der Waals surface area contributed by atoms with E-state index in [1.54, 1.807) is 0 Å². The lowest BCUT2D eigenvalue weighted by Gasteiger charge is -1.96. The van der Waals surface area contributed by atoms with Crippen LogP contribution in [-0.4, -0.2) is 16.5 Å². The van der Waals surface area contributed by atoms with Gasteiger partial charge in [-0.15, -0.1) is 11.3 Å². The van der Waals surface area contributed by atoms with E-state index in [2.05, 4.69) is 15.3 Å². The summed E-state index contributed by atoms with van der Waals surface area (Å²) in [5.41, 5.74) is -0.457. The van der Waals surface area contributed by atoms with Gasteiger partial charge in [0, 0.05) is 6.54 Å². The molecule has 0 atom stereocenters. The van der Waals surface area contributed by atoms with Crippen molar-refractivity contribution < 1.29 is 0 Å². The minimum Gasteiger partial charge on any atom is -0.376 e. The molecule has 0 bridgehead atoms. The van der Waals surface area contributed by atoms with Crippen LogP contribution in [0.3, 0.4) is 0 Å². The van der Waals surface area contributed by atoms with E-state index in [-0.39, 0.29) is 0 Å². The van der Waals surface area contributed by atoms with Gasteiger partial charge in [-0.2, -0.15) is 5.26 Å². The molecule has 82 valence electrons. The van der Waals surface area contributed by atoms with Crippen molar-refractivity contribution in [2.75, 3.05) is 11.9 Å². The van der Waals surface area contributed by atoms with Crippen molar-refractivity contribution >= 4 is 26.6 Å². The molecule has 7 heteroatoms. The first kappa shape index (κ1) is 10.4. The Kier molecular flexibility index (Phi) is 2.50. The quantitative estimate of drug-likeness (QED) is 0.709. The van der Waals surface area contributed by atoms with Gasteiger partial charge in [-0.25, -0.2) is 4.79 Å². The topological polar surface area (TPSA) is 102 Å². The molecule has 6 nitrogen and oxygen atoms in total. The number of H-pyrrole nitrogens is 2. The molecule has 0 radical (unpaired) electrons. The standard InChI is InChI=1S/C9H8N4O2S/c1-2-11-8-4(3-10)5-6(16-8)7(14)13-9(15)12-5/h11H,2H2,1H3,(H2,12,13,14,15). The predicted molar refractivity (Wildman–Crippen MR) is 61.9 cm³/mol. The van der Waals surface area contributed by atoms with Crippen LogP contribution in [0.4, 0.5) is 5.00 Å². The zero-order valence-corrected chi connectivity index (χ0v) is 9.20. The molecule has 0 aliphatic carbocycles. The third-order valence-electron chi connectivity index (χ3n) is 2.03. The monoisotopic (exact) mass is 236 g/mol. The number of nitriles is 1. The van der Waals surface area contributed by atoms with Crippen LogP contribution in [0.15, 0.2) is 9.59 Å². The summed E-state index contributed by atoms with van der Waals surface area (Å²) in [7, 11) is 0. The second-order valence-corrected chi connectivity index (χ2v) is 4.08. The number of fused-ring (bicyclic) bond motifs is 1. The number of nitrogens with one attached hydrogen (secondary N) is 3. The van der Waals surface area contributed by atoms with Crippen molar-refractivity contribution in [2.45, 2.75) is 6.92 Å². The van der Waals surface area contributed by atoms with Crippen LogP contribution < -0.4 is 16.6 Å². The Morgan fingerprint density at radius 1 is 1.44 bits per heavy atom. The molecular formula is C9H8N4O2S. The van der Waals surface area contributed by atoms with Gasteiger partial charge in [0.2, 0.25) is 0 Å². The Hall–Kier alpha value is -2.07. The van der Waals surface area contributed by atoms with Crippen molar-refractivity contribution in [2.24, 2.45) is 0 Å². The van der Waals surface area contributed by atoms with E-state index in [0.29, 0.717) is 27.3 Å². The number of nitrogens with zero attached hydrogens (tertiary/aromatic N) is 1. The van der Waals surface area contributed by atoms with Gasteiger partial charge in [-0.1, -0.05) is 0 Å². The molecule has 0 spiro atoms. The summed E-state index contributed by atoms with van der Waals surface area (Å²) in [6.45, 7) is 2.53. The molecule has 2 heterocycles. The van der Waals surface area contributed by atoms with E-state index >= 15 is 0 Å². The Balaban J connectivity index is 2.89. The third kappa shape index (κ3) is 1.49. The molecular weight excluding hydrogens is 228 g/mol. The van der Waals surface area contributed by atoms with Crippen LogP contribution in [0.5, 0.6) is 0 Å². The number of thiophene rings is 1. The fourth-order valence-corrected chi connectivity index (χ4v) is 2.48. The Labute approximate surface area is 93.6 Å². The highest BCUT2D eigenvalue weighted by molar-refractivity contribution is 7.23. The van der Waals surface area contributed by atoms with E-state index < -0.39 is 11.2 Å². The largest absolute Gasteiger partial charge is 0.376 e. The summed E-state index contributed by atoms with van der Waals surface area (Å²) >= 11 is 1.16. The molecule has 2 rings (SSSR count). The molecule has 0 aliphatic heterocycles. The zero-order chi connectivity index (χ0) is 11.7. The van der Waals surface area contributed by atoms with Gasteiger partial charge in [-0.3, -0.25) is 9.78 Å². The lowest BCUT2D eigenvalue weighted by Crippen LogP contribution is -2.20. The van der Waals surface area contributed by atoms with Crippen LogP contribution in [0.25, 0.3) is 10.2 Å². The number of aromatic nitrogens is 2. The van der Waals surface area contributed by atoms with Crippen LogP contribution in [-0.2, 0) is 0 Å². The van der Waals surface area contributed by atoms with E-state index in [4.69, 9.17) is 5.26 Å². The summed E-state index contributed by atoms with van der Waals surface area (Å²) in [6.07, 6.45) is 0. The van der Waals surface area contributed by atoms with Gasteiger partial charge in [0.15, 0.2) is 0 Å². The Morgan fingerprint density at radius 2 is 2.19 bits per heavy atom. The van der Waals surface area contributed by atoms with E-state index in [1.807, 2.05) is 13.0 Å². The molecule has 16 heavy (non-hydrogen) atoms. The van der Waals surface area contributed by atoms with E-state index in [9.17, 15) is 9.59 Å². The average molecular weight is 236 g/mol. The first-order valence-electron chi connectivity index (χ1n) is 4.60. The molecule has 0 aliphatic rings. The molecule has 0 saturated carbocycles.